The number of nitrogens with zero attached hydrogens (tertiary/aromatic N) is 4. The number of hydrogen-bond acceptors (Lipinski definition) is 4. The molecule has 0 aliphatic carbocycles. The monoisotopic (exact) mass is 325 g/mol. The normalized spacial score (nSPS) is 11.3. The Morgan fingerprint density at radius 3 is 2.61 bits per heavy atom. The van der Waals surface area contributed by atoms with Crippen LogP contribution in [0.3, 0.4) is 0 Å². The van der Waals surface area contributed by atoms with Gasteiger partial charge in [0.15, 0.2) is 11.5 Å². The lowest BCUT2D eigenvalue weighted by atomic mass is 10.1. The van der Waals surface area contributed by atoms with Gasteiger partial charge in [-0.15, -0.1) is 0 Å². The molecule has 0 atom stereocenters. The zero-order chi connectivity index (χ0) is 16.4. The number of fused-ring (bicyclic) bond motifs is 1. The highest BCUT2D eigenvalue weighted by molar-refractivity contribution is 7.80. The summed E-state index contributed by atoms with van der Waals surface area (Å²) < 4.78 is 1.78. The maximum absolute atomic E-state index is 5.90. The lowest BCUT2D eigenvalue weighted by Gasteiger charge is -2.06. The maximum Gasteiger partial charge on any atom is 0.165 e. The molecule has 0 aliphatic heterocycles. The van der Waals surface area contributed by atoms with Gasteiger partial charge in [-0.2, -0.15) is 5.10 Å². The highest BCUT2D eigenvalue weighted by Gasteiger charge is 2.13. The molecule has 1 aromatic carbocycles. The van der Waals surface area contributed by atoms with E-state index in [0.717, 1.165) is 35.5 Å². The van der Waals surface area contributed by atoms with E-state index in [-0.39, 0.29) is 0 Å². The molecule has 0 spiro atoms. The molecular weight excluding hydrogens is 306 g/mol. The maximum atomic E-state index is 5.90. The fourth-order valence-corrected chi connectivity index (χ4v) is 2.58. The van der Waals surface area contributed by atoms with Gasteiger partial charge in [0.05, 0.1) is 5.56 Å². The second-order valence-corrected chi connectivity index (χ2v) is 6.16. The van der Waals surface area contributed by atoms with E-state index in [1.54, 1.807) is 4.52 Å². The van der Waals surface area contributed by atoms with Crippen molar-refractivity contribution in [1.29, 1.82) is 0 Å². The Bertz CT molecular complexity index is 839. The first-order valence-corrected chi connectivity index (χ1v) is 7.84. The SMILES string of the molecule is CN(C)CCc1nc2c(C(N)=S)cc(-c3ccccc3)cn2n1. The van der Waals surface area contributed by atoms with Gasteiger partial charge in [-0.3, -0.25) is 0 Å². The molecule has 0 saturated heterocycles. The predicted molar refractivity (Wildman–Crippen MR) is 96.6 cm³/mol. The standard InChI is InChI=1S/C17H19N5S/c1-21(2)9-8-15-19-17-14(16(18)23)10-13(11-22(17)20-15)12-6-4-3-5-7-12/h3-7,10-11H,8-9H2,1-2H3,(H2,18,23). The van der Waals surface area contributed by atoms with Crippen molar-refractivity contribution in [3.8, 4) is 11.1 Å². The zero-order valence-electron chi connectivity index (χ0n) is 13.2. The van der Waals surface area contributed by atoms with E-state index in [9.17, 15) is 0 Å². The summed E-state index contributed by atoms with van der Waals surface area (Å²) in [6.07, 6.45) is 2.75. The van der Waals surface area contributed by atoms with Crippen molar-refractivity contribution in [1.82, 2.24) is 19.5 Å². The van der Waals surface area contributed by atoms with E-state index < -0.39 is 0 Å². The Morgan fingerprint density at radius 2 is 1.96 bits per heavy atom. The van der Waals surface area contributed by atoms with E-state index >= 15 is 0 Å². The van der Waals surface area contributed by atoms with E-state index in [2.05, 4.69) is 15.0 Å². The van der Waals surface area contributed by atoms with Crippen LogP contribution in [0, 0.1) is 0 Å². The molecule has 3 aromatic rings. The van der Waals surface area contributed by atoms with E-state index in [4.69, 9.17) is 18.0 Å². The van der Waals surface area contributed by atoms with Crippen molar-refractivity contribution in [2.75, 3.05) is 20.6 Å². The molecule has 6 heteroatoms. The number of hydrogen-bond donors (Lipinski definition) is 1. The van der Waals surface area contributed by atoms with Gasteiger partial charge in [0, 0.05) is 24.7 Å². The van der Waals surface area contributed by atoms with Gasteiger partial charge >= 0.3 is 0 Å². The molecule has 0 unspecified atom stereocenters. The topological polar surface area (TPSA) is 59.5 Å². The Kier molecular flexibility index (Phi) is 4.36. The molecule has 0 amide bonds. The summed E-state index contributed by atoms with van der Waals surface area (Å²) in [4.78, 5) is 7.04. The molecule has 2 heterocycles. The Balaban J connectivity index is 2.09. The number of aromatic nitrogens is 3. The summed E-state index contributed by atoms with van der Waals surface area (Å²) in [5.41, 5.74) is 9.48. The average Bonchev–Trinajstić information content (AvgIpc) is 2.95. The summed E-state index contributed by atoms with van der Waals surface area (Å²) in [5.74, 6) is 0.793. The molecule has 2 aromatic heterocycles. The second-order valence-electron chi connectivity index (χ2n) is 5.72. The lowest BCUT2D eigenvalue weighted by molar-refractivity contribution is 0.409. The fourth-order valence-electron chi connectivity index (χ4n) is 2.43. The Hall–Kier alpha value is -2.31. The lowest BCUT2D eigenvalue weighted by Crippen LogP contribution is -2.15. The smallest absolute Gasteiger partial charge is 0.165 e. The van der Waals surface area contributed by atoms with Crippen LogP contribution in [0.4, 0.5) is 0 Å². The van der Waals surface area contributed by atoms with Gasteiger partial charge in [-0.05, 0) is 25.7 Å². The zero-order valence-corrected chi connectivity index (χ0v) is 14.0. The van der Waals surface area contributed by atoms with E-state index in [1.165, 1.54) is 0 Å². The first-order chi connectivity index (χ1) is 11.0. The van der Waals surface area contributed by atoms with Gasteiger partial charge < -0.3 is 10.6 Å². The molecule has 23 heavy (non-hydrogen) atoms. The Morgan fingerprint density at radius 1 is 1.22 bits per heavy atom. The van der Waals surface area contributed by atoms with Crippen LogP contribution in [0.1, 0.15) is 11.4 Å². The van der Waals surface area contributed by atoms with Gasteiger partial charge in [-0.1, -0.05) is 42.5 Å². The molecule has 0 fully saturated rings. The number of nitrogens with two attached hydrogens (primary N) is 1. The van der Waals surface area contributed by atoms with Gasteiger partial charge in [0.2, 0.25) is 0 Å². The van der Waals surface area contributed by atoms with E-state index in [0.29, 0.717) is 10.6 Å². The summed E-state index contributed by atoms with van der Waals surface area (Å²) >= 11 is 5.20. The third-order valence-electron chi connectivity index (χ3n) is 3.63. The molecule has 2 N–H and O–H groups in total. The summed E-state index contributed by atoms with van der Waals surface area (Å²) in [7, 11) is 4.06. The minimum atomic E-state index is 0.333. The van der Waals surface area contributed by atoms with Crippen LogP contribution in [0.5, 0.6) is 0 Å². The summed E-state index contributed by atoms with van der Waals surface area (Å²) in [6.45, 7) is 0.894. The minimum Gasteiger partial charge on any atom is -0.389 e. The van der Waals surface area contributed by atoms with Crippen molar-refractivity contribution >= 4 is 22.9 Å². The Labute approximate surface area is 140 Å². The number of benzene rings is 1. The van der Waals surface area contributed by atoms with Crippen molar-refractivity contribution in [3.63, 3.8) is 0 Å². The van der Waals surface area contributed by atoms with Crippen molar-refractivity contribution in [2.45, 2.75) is 6.42 Å². The predicted octanol–water partition coefficient (Wildman–Crippen LogP) is 2.13. The second kappa shape index (κ2) is 6.44. The van der Waals surface area contributed by atoms with Crippen LogP contribution in [0.15, 0.2) is 42.6 Å². The van der Waals surface area contributed by atoms with Gasteiger partial charge in [-0.25, -0.2) is 9.50 Å². The largest absolute Gasteiger partial charge is 0.389 e. The third kappa shape index (κ3) is 3.38. The summed E-state index contributed by atoms with van der Waals surface area (Å²) in [5, 5.41) is 4.58. The van der Waals surface area contributed by atoms with Crippen LogP contribution in [-0.4, -0.2) is 45.1 Å². The molecule has 0 radical (unpaired) electrons. The van der Waals surface area contributed by atoms with Crippen LogP contribution >= 0.6 is 12.2 Å². The first kappa shape index (κ1) is 15.6. The molecule has 3 rings (SSSR count). The van der Waals surface area contributed by atoms with Crippen molar-refractivity contribution in [3.05, 3.63) is 54.0 Å². The molecule has 118 valence electrons. The third-order valence-corrected chi connectivity index (χ3v) is 3.85. The quantitative estimate of drug-likeness (QED) is 0.728. The highest BCUT2D eigenvalue weighted by atomic mass is 32.1. The van der Waals surface area contributed by atoms with Crippen LogP contribution < -0.4 is 5.73 Å². The number of pyridine rings is 1. The molecule has 0 saturated carbocycles. The molecule has 5 nitrogen and oxygen atoms in total. The average molecular weight is 325 g/mol. The van der Waals surface area contributed by atoms with Gasteiger partial charge in [0.25, 0.3) is 0 Å². The number of rotatable bonds is 5. The molecule has 0 bridgehead atoms. The highest BCUT2D eigenvalue weighted by Crippen LogP contribution is 2.22. The van der Waals surface area contributed by atoms with Crippen LogP contribution in [0.2, 0.25) is 0 Å². The van der Waals surface area contributed by atoms with E-state index in [1.807, 2.05) is 56.7 Å². The summed E-state index contributed by atoms with van der Waals surface area (Å²) in [6, 6.07) is 12.1. The minimum absolute atomic E-state index is 0.333. The molecule has 0 aliphatic rings. The first-order valence-electron chi connectivity index (χ1n) is 7.44. The van der Waals surface area contributed by atoms with Crippen molar-refractivity contribution < 1.29 is 0 Å². The number of thiocarbonyl (C=S) groups is 1. The van der Waals surface area contributed by atoms with Crippen molar-refractivity contribution in [2.24, 2.45) is 5.73 Å². The van der Waals surface area contributed by atoms with Gasteiger partial charge in [0.1, 0.15) is 4.99 Å². The molecular formula is C17H19N5S. The fraction of sp³-hybridized carbons (Fsp3) is 0.235. The van der Waals surface area contributed by atoms with Crippen LogP contribution in [-0.2, 0) is 6.42 Å². The van der Waals surface area contributed by atoms with Crippen LogP contribution in [0.25, 0.3) is 16.8 Å². The number of likely N-dealkylation sites (N-methyl/N-ethyl adjacent to an activating group) is 1.